The molecule has 2 rings (SSSR count). The van der Waals surface area contributed by atoms with Crippen LogP contribution in [-0.2, 0) is 16.6 Å². The maximum absolute atomic E-state index is 2.56. The predicted octanol–water partition coefficient (Wildman–Crippen LogP) is 6.73. The summed E-state index contributed by atoms with van der Waals surface area (Å²) in [6, 6.07) is 0. The Balaban J connectivity index is 0.00000220. The summed E-state index contributed by atoms with van der Waals surface area (Å²) in [5, 5.41) is 0. The van der Waals surface area contributed by atoms with Gasteiger partial charge in [0, 0.05) is 0 Å². The molecule has 0 spiro atoms. The quantitative estimate of drug-likeness (QED) is 0.457. The second-order valence-corrected chi connectivity index (χ2v) is 18.5. The van der Waals surface area contributed by atoms with Crippen molar-refractivity contribution in [1.29, 1.82) is 0 Å². The normalized spacial score (nSPS) is 18.0. The molecule has 0 bridgehead atoms. The fraction of sp³-hybridized carbons (Fsp3) is 0.556. The summed E-state index contributed by atoms with van der Waals surface area (Å²) in [6.45, 7) is 19.2. The summed E-state index contributed by atoms with van der Waals surface area (Å²) in [5.41, 5.74) is 9.75. The topological polar surface area (TPSA) is 0 Å². The molecule has 0 unspecified atom stereocenters. The van der Waals surface area contributed by atoms with E-state index in [-0.39, 0.29) is 31.0 Å². The number of halogens is 2. The van der Waals surface area contributed by atoms with Gasteiger partial charge >= 0.3 is 131 Å². The molecule has 0 saturated carbocycles. The van der Waals surface area contributed by atoms with E-state index in [4.69, 9.17) is 0 Å². The molecule has 0 radical (unpaired) electrons. The van der Waals surface area contributed by atoms with Crippen molar-refractivity contribution in [3.63, 3.8) is 0 Å². The number of hydrogen-bond donors (Lipinski definition) is 0. The van der Waals surface area contributed by atoms with Crippen LogP contribution >= 0.6 is 24.8 Å². The van der Waals surface area contributed by atoms with Crippen molar-refractivity contribution >= 4 is 31.0 Å². The molecule has 0 nitrogen and oxygen atoms in total. The van der Waals surface area contributed by atoms with Gasteiger partial charge in [-0.3, -0.25) is 0 Å². The standard InChI is InChI=1S/2C8H11.C2H6Si.2ClH.Ti/c2*1-6-4-5-7(2)8(6)3;1-3-2;;;/h2*4H2,1-3H3;1-2H3;2*1H;. The van der Waals surface area contributed by atoms with Crippen LogP contribution in [0.2, 0.25) is 13.1 Å². The molecule has 0 fully saturated rings. The number of rotatable bonds is 2. The average Bonchev–Trinajstić information content (AvgIpc) is 2.76. The van der Waals surface area contributed by atoms with Crippen molar-refractivity contribution in [2.24, 2.45) is 0 Å². The first kappa shape index (κ1) is 22.5. The van der Waals surface area contributed by atoms with E-state index in [2.05, 4.69) is 54.6 Å². The molecule has 22 heavy (non-hydrogen) atoms. The van der Waals surface area contributed by atoms with Gasteiger partial charge in [-0.2, -0.15) is 0 Å². The smallest absolute Gasteiger partial charge is 0.147 e. The van der Waals surface area contributed by atoms with Gasteiger partial charge in [0.05, 0.1) is 0 Å². The molecule has 0 aromatic carbocycles. The number of allylic oxidation sites excluding steroid dienone is 8. The molecule has 124 valence electrons. The minimum absolute atomic E-state index is 0. The van der Waals surface area contributed by atoms with Gasteiger partial charge in [-0.05, 0) is 0 Å². The van der Waals surface area contributed by atoms with E-state index >= 15 is 0 Å². The molecule has 0 atom stereocenters. The Morgan fingerprint density at radius 3 is 1.14 bits per heavy atom. The zero-order valence-electron chi connectivity index (χ0n) is 15.2. The van der Waals surface area contributed by atoms with Crippen LogP contribution in [0.25, 0.3) is 0 Å². The minimum atomic E-state index is -1.23. The van der Waals surface area contributed by atoms with Crippen molar-refractivity contribution in [3.05, 3.63) is 41.2 Å². The van der Waals surface area contributed by atoms with E-state index in [0.717, 1.165) is 0 Å². The molecule has 0 aromatic heterocycles. The molecule has 0 aliphatic heterocycles. The zero-order chi connectivity index (χ0) is 15.2. The summed E-state index contributed by atoms with van der Waals surface area (Å²) in [4.78, 5) is 0. The Labute approximate surface area is 155 Å². The first-order valence-corrected chi connectivity index (χ1v) is 14.1. The van der Waals surface area contributed by atoms with Crippen LogP contribution in [0, 0.1) is 0 Å². The summed E-state index contributed by atoms with van der Waals surface area (Å²) in [5.74, 6) is 0. The second kappa shape index (κ2) is 8.53. The van der Waals surface area contributed by atoms with Crippen LogP contribution in [0.3, 0.4) is 0 Å². The molecule has 0 aromatic rings. The molecule has 4 heteroatoms. The maximum Gasteiger partial charge on any atom is -0.147 e. The van der Waals surface area contributed by atoms with E-state index in [0.29, 0.717) is 0 Å². The van der Waals surface area contributed by atoms with Crippen LogP contribution in [0.4, 0.5) is 0 Å². The van der Waals surface area contributed by atoms with Crippen LogP contribution in [0.15, 0.2) is 41.2 Å². The van der Waals surface area contributed by atoms with Gasteiger partial charge in [0.2, 0.25) is 0 Å². The van der Waals surface area contributed by atoms with Crippen LogP contribution in [0.5, 0.6) is 0 Å². The zero-order valence-corrected chi connectivity index (χ0v) is 19.4. The molecular weight excluding hydrogens is 363 g/mol. The van der Waals surface area contributed by atoms with E-state index in [1.165, 1.54) is 12.8 Å². The van der Waals surface area contributed by atoms with Crippen molar-refractivity contribution in [1.82, 2.24) is 0 Å². The van der Waals surface area contributed by atoms with Crippen molar-refractivity contribution in [2.45, 2.75) is 67.5 Å². The third-order valence-electron chi connectivity index (χ3n) is 5.30. The fourth-order valence-corrected chi connectivity index (χ4v) is 16.3. The van der Waals surface area contributed by atoms with Gasteiger partial charge in [-0.1, -0.05) is 0 Å². The van der Waals surface area contributed by atoms with E-state index in [9.17, 15) is 0 Å². The molecule has 2 aliphatic rings. The number of hydrogen-bond acceptors (Lipinski definition) is 0. The molecule has 2 aliphatic carbocycles. The van der Waals surface area contributed by atoms with Gasteiger partial charge in [0.1, 0.15) is 0 Å². The third-order valence-corrected chi connectivity index (χ3v) is 17.1. The summed E-state index contributed by atoms with van der Waals surface area (Å²) >= 11 is -1.23. The monoisotopic (exact) mass is 392 g/mol. The second-order valence-electron chi connectivity index (χ2n) is 6.75. The van der Waals surface area contributed by atoms with Gasteiger partial charge in [-0.25, -0.2) is 0 Å². The summed E-state index contributed by atoms with van der Waals surface area (Å²) in [6.07, 6.45) is 2.38. The fourth-order valence-electron chi connectivity index (χ4n) is 3.49. The first-order valence-electron chi connectivity index (χ1n) is 7.66. The van der Waals surface area contributed by atoms with E-state index in [1.54, 1.807) is 33.4 Å². The molecule has 0 heterocycles. The molecule has 0 amide bonds. The van der Waals surface area contributed by atoms with Gasteiger partial charge in [0.15, 0.2) is 0 Å². The Morgan fingerprint density at radius 2 is 0.955 bits per heavy atom. The molecular formula is C18H30Cl2SiTi. The summed E-state index contributed by atoms with van der Waals surface area (Å²) in [7, 11) is 0. The van der Waals surface area contributed by atoms with Crippen LogP contribution < -0.4 is 0 Å². The Bertz CT molecular complexity index is 592. The average molecular weight is 393 g/mol. The van der Waals surface area contributed by atoms with Crippen LogP contribution in [0.1, 0.15) is 54.4 Å². The Morgan fingerprint density at radius 1 is 0.636 bits per heavy atom. The van der Waals surface area contributed by atoms with E-state index in [1.807, 2.05) is 7.76 Å². The first-order chi connectivity index (χ1) is 9.25. The largest absolute Gasteiger partial charge is 0.147 e. The van der Waals surface area contributed by atoms with Crippen molar-refractivity contribution in [2.75, 3.05) is 0 Å². The van der Waals surface area contributed by atoms with E-state index < -0.39 is 16.6 Å². The SMILES string of the molecule is CC1=C(C)C(C)=[C]([Ti]([C]2=C(C)C(C)=C(C)C2)=[Si](C)C)C1.Cl.Cl. The Kier molecular flexibility index (Phi) is 8.72. The summed E-state index contributed by atoms with van der Waals surface area (Å²) < 4.78 is 3.80. The Hall–Kier alpha value is 0.471. The van der Waals surface area contributed by atoms with Crippen molar-refractivity contribution < 1.29 is 16.6 Å². The van der Waals surface area contributed by atoms with Crippen molar-refractivity contribution in [3.8, 4) is 0 Å². The van der Waals surface area contributed by atoms with Gasteiger partial charge in [-0.15, -0.1) is 24.8 Å². The minimum Gasteiger partial charge on any atom is -0.147 e. The predicted molar refractivity (Wildman–Crippen MR) is 103 cm³/mol. The molecule has 0 saturated heterocycles. The third kappa shape index (κ3) is 3.92. The van der Waals surface area contributed by atoms with Gasteiger partial charge in [0.25, 0.3) is 0 Å². The van der Waals surface area contributed by atoms with Gasteiger partial charge < -0.3 is 0 Å². The van der Waals surface area contributed by atoms with Crippen LogP contribution in [-0.4, -0.2) is 6.19 Å². The molecule has 0 N–H and O–H groups in total. The maximum atomic E-state index is 2.56.